The van der Waals surface area contributed by atoms with Crippen molar-refractivity contribution in [1.82, 2.24) is 0 Å². The summed E-state index contributed by atoms with van der Waals surface area (Å²) in [5.41, 5.74) is 1.81. The van der Waals surface area contributed by atoms with Crippen LogP contribution in [0.15, 0.2) is 59.5 Å². The highest BCUT2D eigenvalue weighted by Crippen LogP contribution is 2.23. The van der Waals surface area contributed by atoms with Crippen LogP contribution in [-0.2, 0) is 14.3 Å². The van der Waals surface area contributed by atoms with E-state index in [0.29, 0.717) is 5.92 Å². The van der Waals surface area contributed by atoms with E-state index in [-0.39, 0.29) is 18.3 Å². The summed E-state index contributed by atoms with van der Waals surface area (Å²) >= 11 is 1.38. The molecule has 0 spiro atoms. The molecule has 0 atom stereocenters. The van der Waals surface area contributed by atoms with Gasteiger partial charge in [0.1, 0.15) is 0 Å². The maximum atomic E-state index is 12.0. The van der Waals surface area contributed by atoms with Gasteiger partial charge in [0.25, 0.3) is 5.91 Å². The molecule has 126 valence electrons. The Labute approximate surface area is 146 Å². The van der Waals surface area contributed by atoms with E-state index < -0.39 is 5.97 Å². The topological polar surface area (TPSA) is 55.4 Å². The minimum Gasteiger partial charge on any atom is -0.455 e. The Morgan fingerprint density at radius 2 is 1.71 bits per heavy atom. The van der Waals surface area contributed by atoms with Crippen molar-refractivity contribution in [2.24, 2.45) is 0 Å². The van der Waals surface area contributed by atoms with Crippen LogP contribution in [0.4, 0.5) is 5.69 Å². The molecule has 0 aromatic heterocycles. The van der Waals surface area contributed by atoms with Crippen molar-refractivity contribution in [1.29, 1.82) is 0 Å². The van der Waals surface area contributed by atoms with Gasteiger partial charge in [0, 0.05) is 10.6 Å². The molecule has 0 aliphatic carbocycles. The van der Waals surface area contributed by atoms with Gasteiger partial charge in [0.2, 0.25) is 0 Å². The lowest BCUT2D eigenvalue weighted by Crippen LogP contribution is -2.22. The number of nitrogens with one attached hydrogen (secondary N) is 1. The standard InChI is InChI=1S/C19H21NO3S/c1-14(2)16-10-6-7-11-17(16)20-18(21)12-23-19(22)13-24-15-8-4-3-5-9-15/h3-11,14H,12-13H2,1-2H3,(H,20,21). The first-order valence-electron chi connectivity index (χ1n) is 7.78. The van der Waals surface area contributed by atoms with Gasteiger partial charge in [-0.1, -0.05) is 50.2 Å². The van der Waals surface area contributed by atoms with Crippen LogP contribution in [0.25, 0.3) is 0 Å². The number of benzene rings is 2. The second-order valence-electron chi connectivity index (χ2n) is 5.55. The molecule has 4 nitrogen and oxygen atoms in total. The number of hydrogen-bond acceptors (Lipinski definition) is 4. The third kappa shape index (κ3) is 5.74. The van der Waals surface area contributed by atoms with Crippen molar-refractivity contribution in [3.63, 3.8) is 0 Å². The molecule has 0 aliphatic rings. The predicted octanol–water partition coefficient (Wildman–Crippen LogP) is 4.08. The fourth-order valence-electron chi connectivity index (χ4n) is 2.15. The molecule has 0 unspecified atom stereocenters. The van der Waals surface area contributed by atoms with Crippen molar-refractivity contribution < 1.29 is 14.3 Å². The SMILES string of the molecule is CC(C)c1ccccc1NC(=O)COC(=O)CSc1ccccc1. The zero-order chi connectivity index (χ0) is 17.4. The van der Waals surface area contributed by atoms with Gasteiger partial charge >= 0.3 is 5.97 Å². The molecule has 0 saturated carbocycles. The Morgan fingerprint density at radius 3 is 2.42 bits per heavy atom. The first-order chi connectivity index (χ1) is 11.6. The predicted molar refractivity (Wildman–Crippen MR) is 97.3 cm³/mol. The molecule has 0 heterocycles. The Balaban J connectivity index is 1.78. The van der Waals surface area contributed by atoms with E-state index in [1.807, 2.05) is 54.6 Å². The fourth-order valence-corrected chi connectivity index (χ4v) is 2.86. The quantitative estimate of drug-likeness (QED) is 0.608. The highest BCUT2D eigenvalue weighted by Gasteiger charge is 2.11. The van der Waals surface area contributed by atoms with Crippen LogP contribution in [0.3, 0.4) is 0 Å². The fraction of sp³-hybridized carbons (Fsp3) is 0.263. The molecule has 24 heavy (non-hydrogen) atoms. The Bertz CT molecular complexity index is 686. The van der Waals surface area contributed by atoms with E-state index in [1.54, 1.807) is 0 Å². The van der Waals surface area contributed by atoms with Gasteiger partial charge in [0.15, 0.2) is 6.61 Å². The maximum Gasteiger partial charge on any atom is 0.316 e. The largest absolute Gasteiger partial charge is 0.455 e. The van der Waals surface area contributed by atoms with Gasteiger partial charge in [-0.05, 0) is 29.7 Å². The number of amides is 1. The minimum atomic E-state index is -0.406. The van der Waals surface area contributed by atoms with Gasteiger partial charge in [-0.3, -0.25) is 9.59 Å². The summed E-state index contributed by atoms with van der Waals surface area (Å²) in [4.78, 5) is 24.7. The number of para-hydroxylation sites is 1. The van der Waals surface area contributed by atoms with Crippen molar-refractivity contribution in [2.75, 3.05) is 17.7 Å². The van der Waals surface area contributed by atoms with E-state index >= 15 is 0 Å². The molecule has 0 aliphatic heterocycles. The molecule has 2 aromatic rings. The Hall–Kier alpha value is -2.27. The Kier molecular flexibility index (Phi) is 6.88. The summed E-state index contributed by atoms with van der Waals surface area (Å²) in [6.45, 7) is 3.85. The summed E-state index contributed by atoms with van der Waals surface area (Å²) in [7, 11) is 0. The summed E-state index contributed by atoms with van der Waals surface area (Å²) in [6, 6.07) is 17.2. The number of carbonyl (C=O) groups is 2. The third-order valence-corrected chi connectivity index (χ3v) is 4.31. The van der Waals surface area contributed by atoms with E-state index in [1.165, 1.54) is 11.8 Å². The summed E-state index contributed by atoms with van der Waals surface area (Å²) in [5.74, 6) is -0.261. The molecule has 1 N–H and O–H groups in total. The number of ether oxygens (including phenoxy) is 1. The highest BCUT2D eigenvalue weighted by atomic mass is 32.2. The second-order valence-corrected chi connectivity index (χ2v) is 6.60. The lowest BCUT2D eigenvalue weighted by molar-refractivity contribution is -0.144. The molecule has 5 heteroatoms. The molecule has 0 saturated heterocycles. The average Bonchev–Trinajstić information content (AvgIpc) is 2.59. The molecular weight excluding hydrogens is 322 g/mol. The first kappa shape index (κ1) is 18.1. The minimum absolute atomic E-state index is 0.180. The van der Waals surface area contributed by atoms with Crippen LogP contribution >= 0.6 is 11.8 Å². The monoisotopic (exact) mass is 343 g/mol. The van der Waals surface area contributed by atoms with Crippen LogP contribution in [0.2, 0.25) is 0 Å². The lowest BCUT2D eigenvalue weighted by Gasteiger charge is -2.13. The van der Waals surface area contributed by atoms with E-state index in [9.17, 15) is 9.59 Å². The number of hydrogen-bond donors (Lipinski definition) is 1. The molecule has 0 fully saturated rings. The highest BCUT2D eigenvalue weighted by molar-refractivity contribution is 8.00. The van der Waals surface area contributed by atoms with Gasteiger partial charge in [0.05, 0.1) is 5.75 Å². The van der Waals surface area contributed by atoms with Crippen LogP contribution in [0.5, 0.6) is 0 Å². The molecule has 2 rings (SSSR count). The third-order valence-electron chi connectivity index (χ3n) is 3.32. The van der Waals surface area contributed by atoms with Crippen molar-refractivity contribution in [3.05, 3.63) is 60.2 Å². The summed E-state index contributed by atoms with van der Waals surface area (Å²) in [6.07, 6.45) is 0. The van der Waals surface area contributed by atoms with E-state index in [2.05, 4.69) is 19.2 Å². The molecule has 0 radical (unpaired) electrons. The molecular formula is C19H21NO3S. The van der Waals surface area contributed by atoms with Crippen molar-refractivity contribution >= 4 is 29.3 Å². The zero-order valence-electron chi connectivity index (χ0n) is 13.8. The zero-order valence-corrected chi connectivity index (χ0v) is 14.6. The number of rotatable bonds is 7. The van der Waals surface area contributed by atoms with Gasteiger partial charge < -0.3 is 10.1 Å². The molecule has 2 aromatic carbocycles. The number of carbonyl (C=O) groups excluding carboxylic acids is 2. The average molecular weight is 343 g/mol. The van der Waals surface area contributed by atoms with E-state index in [0.717, 1.165) is 16.1 Å². The normalized spacial score (nSPS) is 10.5. The second kappa shape index (κ2) is 9.13. The lowest BCUT2D eigenvalue weighted by atomic mass is 10.0. The van der Waals surface area contributed by atoms with Crippen LogP contribution in [-0.4, -0.2) is 24.2 Å². The number of thioether (sulfide) groups is 1. The van der Waals surface area contributed by atoms with E-state index in [4.69, 9.17) is 4.74 Å². The maximum absolute atomic E-state index is 12.0. The Morgan fingerprint density at radius 1 is 1.04 bits per heavy atom. The number of anilines is 1. The van der Waals surface area contributed by atoms with Crippen molar-refractivity contribution in [3.8, 4) is 0 Å². The van der Waals surface area contributed by atoms with Gasteiger partial charge in [-0.15, -0.1) is 11.8 Å². The van der Waals surface area contributed by atoms with Gasteiger partial charge in [-0.25, -0.2) is 0 Å². The van der Waals surface area contributed by atoms with Crippen LogP contribution in [0.1, 0.15) is 25.3 Å². The van der Waals surface area contributed by atoms with Gasteiger partial charge in [-0.2, -0.15) is 0 Å². The van der Waals surface area contributed by atoms with Crippen molar-refractivity contribution in [2.45, 2.75) is 24.7 Å². The smallest absolute Gasteiger partial charge is 0.316 e. The first-order valence-corrected chi connectivity index (χ1v) is 8.77. The summed E-state index contributed by atoms with van der Waals surface area (Å²) in [5, 5.41) is 2.80. The molecule has 0 bridgehead atoms. The number of esters is 1. The molecule has 1 amide bonds. The van der Waals surface area contributed by atoms with Crippen LogP contribution in [0, 0.1) is 0 Å². The summed E-state index contributed by atoms with van der Waals surface area (Å²) < 4.78 is 5.03. The van der Waals surface area contributed by atoms with Crippen LogP contribution < -0.4 is 5.32 Å².